The molecule has 2 aliphatic rings. The van der Waals surface area contributed by atoms with Gasteiger partial charge in [-0.3, -0.25) is 4.79 Å². The molecule has 2 atom stereocenters. The first kappa shape index (κ1) is 13.9. The standard InChI is InChI=1S/C15H28N2O/c1-12-7-9-16-14(11-12)15(18)17-10-8-13-5-3-2-4-6-13/h12-14,16H,2-11H2,1H3,(H,17,18). The molecule has 18 heavy (non-hydrogen) atoms. The van der Waals surface area contributed by atoms with Crippen LogP contribution in [-0.4, -0.2) is 25.0 Å². The summed E-state index contributed by atoms with van der Waals surface area (Å²) in [6.07, 6.45) is 10.3. The largest absolute Gasteiger partial charge is 0.355 e. The van der Waals surface area contributed by atoms with Gasteiger partial charge in [0, 0.05) is 6.54 Å². The summed E-state index contributed by atoms with van der Waals surface area (Å²) in [5.41, 5.74) is 0. The minimum absolute atomic E-state index is 0.0557. The Hall–Kier alpha value is -0.570. The Morgan fingerprint density at radius 3 is 2.72 bits per heavy atom. The first-order chi connectivity index (χ1) is 8.75. The number of hydrogen-bond acceptors (Lipinski definition) is 2. The molecule has 104 valence electrons. The number of amides is 1. The fourth-order valence-corrected chi connectivity index (χ4v) is 3.31. The first-order valence-electron chi connectivity index (χ1n) is 7.77. The second-order valence-electron chi connectivity index (χ2n) is 6.22. The lowest BCUT2D eigenvalue weighted by molar-refractivity contribution is -0.124. The summed E-state index contributed by atoms with van der Waals surface area (Å²) in [6.45, 7) is 4.10. The molecule has 0 bridgehead atoms. The van der Waals surface area contributed by atoms with E-state index < -0.39 is 0 Å². The van der Waals surface area contributed by atoms with E-state index in [1.165, 1.54) is 44.9 Å². The van der Waals surface area contributed by atoms with E-state index in [2.05, 4.69) is 17.6 Å². The Balaban J connectivity index is 1.61. The van der Waals surface area contributed by atoms with Crippen LogP contribution in [0.25, 0.3) is 0 Å². The Morgan fingerprint density at radius 2 is 2.00 bits per heavy atom. The van der Waals surface area contributed by atoms with Gasteiger partial charge in [-0.15, -0.1) is 0 Å². The third kappa shape index (κ3) is 4.27. The average Bonchev–Trinajstić information content (AvgIpc) is 2.40. The molecule has 1 aliphatic heterocycles. The van der Waals surface area contributed by atoms with E-state index >= 15 is 0 Å². The first-order valence-corrected chi connectivity index (χ1v) is 7.77. The van der Waals surface area contributed by atoms with Crippen LogP contribution in [0.4, 0.5) is 0 Å². The van der Waals surface area contributed by atoms with Crippen LogP contribution >= 0.6 is 0 Å². The maximum atomic E-state index is 12.0. The van der Waals surface area contributed by atoms with Gasteiger partial charge in [0.15, 0.2) is 0 Å². The predicted molar refractivity (Wildman–Crippen MR) is 74.4 cm³/mol. The van der Waals surface area contributed by atoms with Crippen molar-refractivity contribution in [2.24, 2.45) is 11.8 Å². The number of carbonyl (C=O) groups is 1. The molecule has 0 aromatic rings. The van der Waals surface area contributed by atoms with E-state index in [-0.39, 0.29) is 11.9 Å². The predicted octanol–water partition coefficient (Wildman–Crippen LogP) is 2.46. The van der Waals surface area contributed by atoms with Crippen LogP contribution in [0.2, 0.25) is 0 Å². The zero-order valence-corrected chi connectivity index (χ0v) is 11.7. The molecule has 1 saturated carbocycles. The van der Waals surface area contributed by atoms with Crippen molar-refractivity contribution in [2.75, 3.05) is 13.1 Å². The lowest BCUT2D eigenvalue weighted by Gasteiger charge is -2.27. The maximum Gasteiger partial charge on any atom is 0.237 e. The van der Waals surface area contributed by atoms with Crippen molar-refractivity contribution < 1.29 is 4.79 Å². The minimum Gasteiger partial charge on any atom is -0.355 e. The summed E-state index contributed by atoms with van der Waals surface area (Å²) in [5, 5.41) is 6.44. The highest BCUT2D eigenvalue weighted by molar-refractivity contribution is 5.81. The third-order valence-electron chi connectivity index (χ3n) is 4.56. The highest BCUT2D eigenvalue weighted by atomic mass is 16.2. The van der Waals surface area contributed by atoms with Gasteiger partial charge in [0.2, 0.25) is 5.91 Å². The van der Waals surface area contributed by atoms with Crippen LogP contribution in [0.5, 0.6) is 0 Å². The van der Waals surface area contributed by atoms with Gasteiger partial charge in [-0.1, -0.05) is 39.0 Å². The van der Waals surface area contributed by atoms with E-state index in [1.807, 2.05) is 0 Å². The lowest BCUT2D eigenvalue weighted by Crippen LogP contribution is -2.48. The second-order valence-corrected chi connectivity index (χ2v) is 6.22. The van der Waals surface area contributed by atoms with Gasteiger partial charge >= 0.3 is 0 Å². The number of nitrogens with one attached hydrogen (secondary N) is 2. The van der Waals surface area contributed by atoms with E-state index in [1.54, 1.807) is 0 Å². The average molecular weight is 252 g/mol. The van der Waals surface area contributed by atoms with E-state index in [9.17, 15) is 4.79 Å². The molecular weight excluding hydrogens is 224 g/mol. The van der Waals surface area contributed by atoms with Crippen LogP contribution in [0.3, 0.4) is 0 Å². The normalized spacial score (nSPS) is 30.1. The molecular formula is C15H28N2O. The summed E-state index contributed by atoms with van der Waals surface area (Å²) in [5.74, 6) is 1.76. The van der Waals surface area contributed by atoms with Gasteiger partial charge in [-0.25, -0.2) is 0 Å². The molecule has 1 heterocycles. The van der Waals surface area contributed by atoms with Crippen LogP contribution in [-0.2, 0) is 4.79 Å². The molecule has 3 nitrogen and oxygen atoms in total. The van der Waals surface area contributed by atoms with Gasteiger partial charge in [0.05, 0.1) is 6.04 Å². The molecule has 2 rings (SSSR count). The molecule has 1 saturated heterocycles. The number of carbonyl (C=O) groups excluding carboxylic acids is 1. The van der Waals surface area contributed by atoms with Gasteiger partial charge < -0.3 is 10.6 Å². The molecule has 2 fully saturated rings. The van der Waals surface area contributed by atoms with Gasteiger partial charge in [-0.05, 0) is 37.6 Å². The van der Waals surface area contributed by atoms with Crippen LogP contribution in [0, 0.1) is 11.8 Å². The van der Waals surface area contributed by atoms with Gasteiger partial charge in [0.1, 0.15) is 0 Å². The SMILES string of the molecule is CC1CCNC(C(=O)NCCC2CCCCC2)C1. The summed E-state index contributed by atoms with van der Waals surface area (Å²) in [4.78, 5) is 12.0. The molecule has 1 aliphatic carbocycles. The van der Waals surface area contributed by atoms with Crippen molar-refractivity contribution in [2.45, 2.75) is 64.3 Å². The number of hydrogen-bond donors (Lipinski definition) is 2. The number of piperidine rings is 1. The van der Waals surface area contributed by atoms with E-state index in [4.69, 9.17) is 0 Å². The molecule has 0 radical (unpaired) electrons. The Morgan fingerprint density at radius 1 is 1.22 bits per heavy atom. The minimum atomic E-state index is 0.0557. The Kier molecular flexibility index (Phi) is 5.48. The zero-order valence-electron chi connectivity index (χ0n) is 11.7. The molecule has 0 aromatic carbocycles. The fraction of sp³-hybridized carbons (Fsp3) is 0.933. The molecule has 1 amide bonds. The summed E-state index contributed by atoms with van der Waals surface area (Å²) < 4.78 is 0. The molecule has 3 heteroatoms. The molecule has 0 aromatic heterocycles. The fourth-order valence-electron chi connectivity index (χ4n) is 3.31. The maximum absolute atomic E-state index is 12.0. The van der Waals surface area contributed by atoms with Crippen molar-refractivity contribution in [3.63, 3.8) is 0 Å². The van der Waals surface area contributed by atoms with Crippen LogP contribution in [0.1, 0.15) is 58.3 Å². The molecule has 0 spiro atoms. The molecule has 2 unspecified atom stereocenters. The lowest BCUT2D eigenvalue weighted by atomic mass is 9.87. The van der Waals surface area contributed by atoms with Crippen LogP contribution in [0.15, 0.2) is 0 Å². The van der Waals surface area contributed by atoms with Crippen molar-refractivity contribution in [1.82, 2.24) is 10.6 Å². The van der Waals surface area contributed by atoms with Crippen molar-refractivity contribution in [3.05, 3.63) is 0 Å². The van der Waals surface area contributed by atoms with Gasteiger partial charge in [-0.2, -0.15) is 0 Å². The smallest absolute Gasteiger partial charge is 0.237 e. The third-order valence-corrected chi connectivity index (χ3v) is 4.56. The van der Waals surface area contributed by atoms with Crippen LogP contribution < -0.4 is 10.6 Å². The summed E-state index contributed by atoms with van der Waals surface area (Å²) in [6, 6.07) is 0.0557. The Bertz CT molecular complexity index is 261. The highest BCUT2D eigenvalue weighted by Crippen LogP contribution is 2.25. The summed E-state index contributed by atoms with van der Waals surface area (Å²) in [7, 11) is 0. The Labute approximate surface area is 111 Å². The highest BCUT2D eigenvalue weighted by Gasteiger charge is 2.24. The summed E-state index contributed by atoms with van der Waals surface area (Å²) >= 11 is 0. The van der Waals surface area contributed by atoms with Crippen molar-refractivity contribution in [3.8, 4) is 0 Å². The topological polar surface area (TPSA) is 41.1 Å². The monoisotopic (exact) mass is 252 g/mol. The molecule has 2 N–H and O–H groups in total. The second kappa shape index (κ2) is 7.13. The zero-order chi connectivity index (χ0) is 12.8. The van der Waals surface area contributed by atoms with Gasteiger partial charge in [0.25, 0.3) is 0 Å². The quantitative estimate of drug-likeness (QED) is 0.807. The van der Waals surface area contributed by atoms with E-state index in [0.717, 1.165) is 25.4 Å². The number of rotatable bonds is 4. The van der Waals surface area contributed by atoms with E-state index in [0.29, 0.717) is 5.92 Å². The van der Waals surface area contributed by atoms with Crippen molar-refractivity contribution in [1.29, 1.82) is 0 Å². The van der Waals surface area contributed by atoms with Crippen molar-refractivity contribution >= 4 is 5.91 Å².